The van der Waals surface area contributed by atoms with Gasteiger partial charge >= 0.3 is 0 Å². The second kappa shape index (κ2) is 10.5. The molecular formula is C30H36O7S. The molecule has 0 heterocycles. The number of aliphatic hydroxyl groups excluding tert-OH is 1. The van der Waals surface area contributed by atoms with Gasteiger partial charge in [0.15, 0.2) is 15.6 Å². The van der Waals surface area contributed by atoms with Crippen molar-refractivity contribution in [2.24, 2.45) is 17.3 Å². The molecule has 204 valence electrons. The second-order valence-corrected chi connectivity index (χ2v) is 13.7. The minimum atomic E-state index is -4.16. The quantitative estimate of drug-likeness (QED) is 0.484. The van der Waals surface area contributed by atoms with E-state index in [0.29, 0.717) is 24.3 Å². The largest absolute Gasteiger partial charge is 0.508 e. The Hall–Kier alpha value is -2.71. The molecule has 3 saturated carbocycles. The molecule has 2 bridgehead atoms. The Balaban J connectivity index is 1.45. The first-order chi connectivity index (χ1) is 18.2. The number of phenols is 1. The van der Waals surface area contributed by atoms with Crippen LogP contribution in [-0.4, -0.2) is 41.6 Å². The zero-order valence-corrected chi connectivity index (χ0v) is 22.4. The summed E-state index contributed by atoms with van der Waals surface area (Å²) in [5, 5.41) is 19.0. The number of fused-ring (bicyclic) bond motifs is 2. The number of carbonyl (C=O) groups is 2. The van der Waals surface area contributed by atoms with Crippen molar-refractivity contribution in [2.45, 2.75) is 80.3 Å². The Morgan fingerprint density at radius 3 is 2.11 bits per heavy atom. The molecule has 3 aliphatic rings. The zero-order chi connectivity index (χ0) is 27.0. The Bertz CT molecular complexity index is 1270. The molecule has 2 aromatic rings. The average molecular weight is 541 g/mol. The van der Waals surface area contributed by atoms with Crippen LogP contribution in [0.4, 0.5) is 0 Å². The highest BCUT2D eigenvalue weighted by Gasteiger charge is 2.61. The molecule has 2 N–H and O–H groups in total. The average Bonchev–Trinajstić information content (AvgIpc) is 3.15. The normalized spacial score (nSPS) is 27.0. The van der Waals surface area contributed by atoms with Gasteiger partial charge in [-0.3, -0.25) is 9.59 Å². The topological polar surface area (TPSA) is 118 Å². The van der Waals surface area contributed by atoms with E-state index in [9.17, 15) is 28.2 Å². The van der Waals surface area contributed by atoms with Crippen LogP contribution in [0.5, 0.6) is 17.2 Å². The lowest BCUT2D eigenvalue weighted by Crippen LogP contribution is -2.57. The van der Waals surface area contributed by atoms with Gasteiger partial charge in [-0.2, -0.15) is 0 Å². The Kier molecular flexibility index (Phi) is 7.40. The molecule has 0 saturated heterocycles. The maximum Gasteiger partial charge on any atom is 0.191 e. The van der Waals surface area contributed by atoms with Crippen molar-refractivity contribution in [3.05, 3.63) is 48.5 Å². The van der Waals surface area contributed by atoms with Crippen LogP contribution < -0.4 is 4.74 Å². The van der Waals surface area contributed by atoms with E-state index in [1.165, 1.54) is 24.3 Å². The molecule has 1 spiro atoms. The number of aromatic hydroxyl groups is 1. The van der Waals surface area contributed by atoms with Gasteiger partial charge in [0, 0.05) is 17.8 Å². The molecule has 3 atom stereocenters. The summed E-state index contributed by atoms with van der Waals surface area (Å²) in [5.74, 6) is 0.204. The third-order valence-electron chi connectivity index (χ3n) is 9.01. The lowest BCUT2D eigenvalue weighted by Gasteiger charge is -2.51. The summed E-state index contributed by atoms with van der Waals surface area (Å²) >= 11 is 0. The van der Waals surface area contributed by atoms with E-state index < -0.39 is 32.9 Å². The number of hydrogen-bond acceptors (Lipinski definition) is 7. The molecule has 3 unspecified atom stereocenters. The van der Waals surface area contributed by atoms with E-state index in [1.807, 2.05) is 0 Å². The van der Waals surface area contributed by atoms with Gasteiger partial charge in [0.2, 0.25) is 0 Å². The zero-order valence-electron chi connectivity index (χ0n) is 21.6. The van der Waals surface area contributed by atoms with Crippen LogP contribution in [0.3, 0.4) is 0 Å². The van der Waals surface area contributed by atoms with E-state index in [4.69, 9.17) is 4.74 Å². The standard InChI is InChI=1S/C30H36O7S/c31-16-13-27(33)30(19-21-17-22(20-30)28(34)29(18-21)14-3-1-2-4-15-29)38(35,36)26-11-9-25(10-12-26)37-24-7-5-23(32)6-8-24/h5-12,21-22,31-32H,1-4,13-20H2. The number of carbonyl (C=O) groups excluding carboxylic acids is 2. The number of ketones is 2. The van der Waals surface area contributed by atoms with Crippen LogP contribution in [0.15, 0.2) is 53.4 Å². The minimum absolute atomic E-state index is 0.00297. The first-order valence-electron chi connectivity index (χ1n) is 13.7. The Labute approximate surface area is 224 Å². The third kappa shape index (κ3) is 4.77. The fourth-order valence-corrected chi connectivity index (χ4v) is 9.53. The first-order valence-corrected chi connectivity index (χ1v) is 15.2. The fraction of sp³-hybridized carbons (Fsp3) is 0.533. The maximum absolute atomic E-state index is 14.2. The van der Waals surface area contributed by atoms with E-state index >= 15 is 0 Å². The van der Waals surface area contributed by atoms with Crippen LogP contribution in [0, 0.1) is 17.3 Å². The van der Waals surface area contributed by atoms with Crippen LogP contribution >= 0.6 is 0 Å². The number of aliphatic hydroxyl groups is 1. The van der Waals surface area contributed by atoms with Crippen molar-refractivity contribution in [1.82, 2.24) is 0 Å². The highest BCUT2D eigenvalue weighted by molar-refractivity contribution is 7.93. The van der Waals surface area contributed by atoms with E-state index in [1.54, 1.807) is 24.3 Å². The number of sulfone groups is 1. The predicted molar refractivity (Wildman–Crippen MR) is 142 cm³/mol. The minimum Gasteiger partial charge on any atom is -0.508 e. The number of ether oxygens (including phenoxy) is 1. The molecule has 3 aliphatic carbocycles. The summed E-state index contributed by atoms with van der Waals surface area (Å²) in [6, 6.07) is 12.1. The van der Waals surface area contributed by atoms with E-state index in [0.717, 1.165) is 38.5 Å². The van der Waals surface area contributed by atoms with Crippen LogP contribution in [-0.2, 0) is 19.4 Å². The van der Waals surface area contributed by atoms with Gasteiger partial charge in [-0.05, 0) is 93.0 Å². The highest BCUT2D eigenvalue weighted by Crippen LogP contribution is 2.56. The number of phenolic OH excluding ortho intramolecular Hbond substituents is 1. The van der Waals surface area contributed by atoms with Crippen molar-refractivity contribution in [3.63, 3.8) is 0 Å². The molecule has 0 amide bonds. The molecule has 7 nitrogen and oxygen atoms in total. The highest BCUT2D eigenvalue weighted by atomic mass is 32.2. The predicted octanol–water partition coefficient (Wildman–Crippen LogP) is 5.38. The monoisotopic (exact) mass is 540 g/mol. The van der Waals surface area contributed by atoms with Crippen molar-refractivity contribution >= 4 is 21.4 Å². The second-order valence-electron chi connectivity index (χ2n) is 11.4. The maximum atomic E-state index is 14.2. The number of hydrogen-bond donors (Lipinski definition) is 2. The van der Waals surface area contributed by atoms with Crippen molar-refractivity contribution < 1.29 is 33.0 Å². The number of benzene rings is 2. The first kappa shape index (κ1) is 26.9. The third-order valence-corrected chi connectivity index (χ3v) is 11.5. The van der Waals surface area contributed by atoms with Gasteiger partial charge in [-0.15, -0.1) is 0 Å². The van der Waals surface area contributed by atoms with Gasteiger partial charge in [0.05, 0.1) is 11.5 Å². The molecule has 2 aromatic carbocycles. The van der Waals surface area contributed by atoms with E-state index in [2.05, 4.69) is 0 Å². The lowest BCUT2D eigenvalue weighted by atomic mass is 9.55. The molecule has 38 heavy (non-hydrogen) atoms. The SMILES string of the molecule is O=C1C2CC(CC13CCCCCC3)CC(C(=O)CCO)(S(=O)(=O)c1ccc(Oc3ccc(O)cc3)cc1)C2. The molecule has 5 rings (SSSR count). The summed E-state index contributed by atoms with van der Waals surface area (Å²) in [6.45, 7) is -0.428. The van der Waals surface area contributed by atoms with Gasteiger partial charge in [-0.1, -0.05) is 25.7 Å². The Morgan fingerprint density at radius 1 is 0.895 bits per heavy atom. The fourth-order valence-electron chi connectivity index (χ4n) is 7.30. The molecule has 0 radical (unpaired) electrons. The van der Waals surface area contributed by atoms with Crippen molar-refractivity contribution in [2.75, 3.05) is 6.61 Å². The summed E-state index contributed by atoms with van der Waals surface area (Å²) in [4.78, 5) is 27.4. The summed E-state index contributed by atoms with van der Waals surface area (Å²) < 4.78 is 32.5. The summed E-state index contributed by atoms with van der Waals surface area (Å²) in [6.07, 6.45) is 7.29. The summed E-state index contributed by atoms with van der Waals surface area (Å²) in [5.41, 5.74) is -0.368. The number of Topliss-reactive ketones (excluding diaryl/α,β-unsaturated/α-hetero) is 2. The van der Waals surface area contributed by atoms with Gasteiger partial charge < -0.3 is 14.9 Å². The van der Waals surface area contributed by atoms with Crippen LogP contribution in [0.2, 0.25) is 0 Å². The summed E-state index contributed by atoms with van der Waals surface area (Å²) in [7, 11) is -4.16. The van der Waals surface area contributed by atoms with Crippen molar-refractivity contribution in [3.8, 4) is 17.2 Å². The lowest BCUT2D eigenvalue weighted by molar-refractivity contribution is -0.144. The molecule has 3 fully saturated rings. The van der Waals surface area contributed by atoms with Crippen molar-refractivity contribution in [1.29, 1.82) is 0 Å². The van der Waals surface area contributed by atoms with Crippen LogP contribution in [0.1, 0.15) is 70.6 Å². The smallest absolute Gasteiger partial charge is 0.191 e. The van der Waals surface area contributed by atoms with Gasteiger partial charge in [0.25, 0.3) is 0 Å². The molecule has 0 aromatic heterocycles. The van der Waals surface area contributed by atoms with E-state index in [-0.39, 0.29) is 47.0 Å². The Morgan fingerprint density at radius 2 is 1.50 bits per heavy atom. The van der Waals surface area contributed by atoms with Crippen LogP contribution in [0.25, 0.3) is 0 Å². The van der Waals surface area contributed by atoms with Gasteiger partial charge in [-0.25, -0.2) is 8.42 Å². The molecular weight excluding hydrogens is 504 g/mol. The molecule has 8 heteroatoms. The van der Waals surface area contributed by atoms with Gasteiger partial charge in [0.1, 0.15) is 27.8 Å². The number of rotatable bonds is 7. The molecule has 0 aliphatic heterocycles.